The minimum Gasteiger partial charge on any atom is -0.396 e. The summed E-state index contributed by atoms with van der Waals surface area (Å²) in [7, 11) is 0. The SMILES string of the molecule is CC(=O)c1ccccc1NC(=O)C(C)N1CCCC(CO)C1. The molecule has 2 rings (SSSR count). The molecule has 0 spiro atoms. The van der Waals surface area contributed by atoms with Crippen molar-refractivity contribution in [2.75, 3.05) is 25.0 Å². The Bertz CT molecular complexity index is 544. The Balaban J connectivity index is 2.04. The third-order valence-corrected chi connectivity index (χ3v) is 4.30. The second-order valence-electron chi connectivity index (χ2n) is 5.95. The molecule has 5 nitrogen and oxygen atoms in total. The molecule has 0 saturated carbocycles. The molecule has 5 heteroatoms. The zero-order valence-electron chi connectivity index (χ0n) is 13.2. The molecule has 1 fully saturated rings. The molecule has 2 unspecified atom stereocenters. The largest absolute Gasteiger partial charge is 0.396 e. The van der Waals surface area contributed by atoms with Crippen molar-refractivity contribution in [3.8, 4) is 0 Å². The molecule has 0 bridgehead atoms. The highest BCUT2D eigenvalue weighted by molar-refractivity contribution is 6.04. The third kappa shape index (κ3) is 3.93. The summed E-state index contributed by atoms with van der Waals surface area (Å²) in [6, 6.07) is 6.76. The number of carbonyl (C=O) groups is 2. The summed E-state index contributed by atoms with van der Waals surface area (Å²) >= 11 is 0. The number of aliphatic hydroxyl groups is 1. The number of piperidine rings is 1. The number of nitrogens with zero attached hydrogens (tertiary/aromatic N) is 1. The number of aliphatic hydroxyl groups excluding tert-OH is 1. The number of para-hydroxylation sites is 1. The topological polar surface area (TPSA) is 69.6 Å². The van der Waals surface area contributed by atoms with Crippen LogP contribution in [0.3, 0.4) is 0 Å². The standard InChI is InChI=1S/C17H24N2O3/c1-12(19-9-5-6-14(10-19)11-20)17(22)18-16-8-4-3-7-15(16)13(2)21/h3-4,7-8,12,14,20H,5-6,9-11H2,1-2H3,(H,18,22). The van der Waals surface area contributed by atoms with E-state index in [0.29, 0.717) is 11.3 Å². The Morgan fingerprint density at radius 1 is 1.41 bits per heavy atom. The third-order valence-electron chi connectivity index (χ3n) is 4.30. The number of Topliss-reactive ketones (excluding diaryl/α,β-unsaturated/α-hetero) is 1. The first-order chi connectivity index (χ1) is 10.5. The lowest BCUT2D eigenvalue weighted by Crippen LogP contribution is -2.47. The fourth-order valence-electron chi connectivity index (χ4n) is 2.90. The molecular formula is C17H24N2O3. The van der Waals surface area contributed by atoms with Gasteiger partial charge in [0.05, 0.1) is 11.7 Å². The van der Waals surface area contributed by atoms with Crippen molar-refractivity contribution in [1.82, 2.24) is 4.90 Å². The van der Waals surface area contributed by atoms with Crippen LogP contribution in [0.2, 0.25) is 0 Å². The van der Waals surface area contributed by atoms with Crippen LogP contribution in [0.5, 0.6) is 0 Å². The highest BCUT2D eigenvalue weighted by Gasteiger charge is 2.27. The number of amides is 1. The Morgan fingerprint density at radius 3 is 2.82 bits per heavy atom. The van der Waals surface area contributed by atoms with Gasteiger partial charge in [0, 0.05) is 18.7 Å². The second-order valence-corrected chi connectivity index (χ2v) is 5.95. The molecule has 1 aliphatic rings. The van der Waals surface area contributed by atoms with Gasteiger partial charge < -0.3 is 10.4 Å². The van der Waals surface area contributed by atoms with Crippen molar-refractivity contribution in [1.29, 1.82) is 0 Å². The fourth-order valence-corrected chi connectivity index (χ4v) is 2.90. The first-order valence-corrected chi connectivity index (χ1v) is 7.78. The Hall–Kier alpha value is -1.72. The van der Waals surface area contributed by atoms with Crippen LogP contribution in [0.25, 0.3) is 0 Å². The molecule has 120 valence electrons. The number of carbonyl (C=O) groups excluding carboxylic acids is 2. The second kappa shape index (κ2) is 7.51. The van der Waals surface area contributed by atoms with Gasteiger partial charge in [-0.05, 0) is 51.3 Å². The monoisotopic (exact) mass is 304 g/mol. The van der Waals surface area contributed by atoms with Crippen LogP contribution in [0.4, 0.5) is 5.69 Å². The van der Waals surface area contributed by atoms with Crippen molar-refractivity contribution < 1.29 is 14.7 Å². The summed E-state index contributed by atoms with van der Waals surface area (Å²) in [6.45, 7) is 5.12. The van der Waals surface area contributed by atoms with E-state index in [1.165, 1.54) is 6.92 Å². The molecule has 2 atom stereocenters. The number of ketones is 1. The zero-order valence-corrected chi connectivity index (χ0v) is 13.2. The fraction of sp³-hybridized carbons (Fsp3) is 0.529. The molecular weight excluding hydrogens is 280 g/mol. The van der Waals surface area contributed by atoms with Gasteiger partial charge >= 0.3 is 0 Å². The molecule has 1 saturated heterocycles. The van der Waals surface area contributed by atoms with Gasteiger partial charge in [-0.2, -0.15) is 0 Å². The number of hydrogen-bond acceptors (Lipinski definition) is 4. The van der Waals surface area contributed by atoms with Gasteiger partial charge in [-0.3, -0.25) is 14.5 Å². The average Bonchev–Trinajstić information content (AvgIpc) is 2.54. The van der Waals surface area contributed by atoms with Crippen molar-refractivity contribution in [2.24, 2.45) is 5.92 Å². The van der Waals surface area contributed by atoms with Gasteiger partial charge in [0.25, 0.3) is 0 Å². The first kappa shape index (κ1) is 16.6. The van der Waals surface area contributed by atoms with E-state index in [4.69, 9.17) is 0 Å². The molecule has 0 aromatic heterocycles. The Labute approximate surface area is 131 Å². The van der Waals surface area contributed by atoms with Crippen molar-refractivity contribution in [3.05, 3.63) is 29.8 Å². The highest BCUT2D eigenvalue weighted by Crippen LogP contribution is 2.20. The average molecular weight is 304 g/mol. The van der Waals surface area contributed by atoms with E-state index in [2.05, 4.69) is 10.2 Å². The predicted octanol–water partition coefficient (Wildman–Crippen LogP) is 1.92. The summed E-state index contributed by atoms with van der Waals surface area (Å²) in [6.07, 6.45) is 2.00. The lowest BCUT2D eigenvalue weighted by Gasteiger charge is -2.35. The van der Waals surface area contributed by atoms with Crippen LogP contribution >= 0.6 is 0 Å². The minimum absolute atomic E-state index is 0.0677. The van der Waals surface area contributed by atoms with E-state index in [9.17, 15) is 14.7 Å². The van der Waals surface area contributed by atoms with E-state index in [1.54, 1.807) is 24.3 Å². The van der Waals surface area contributed by atoms with Crippen LogP contribution in [0, 0.1) is 5.92 Å². The molecule has 22 heavy (non-hydrogen) atoms. The maximum atomic E-state index is 12.5. The smallest absolute Gasteiger partial charge is 0.241 e. The first-order valence-electron chi connectivity index (χ1n) is 7.78. The van der Waals surface area contributed by atoms with Gasteiger partial charge in [0.15, 0.2) is 5.78 Å². The van der Waals surface area contributed by atoms with Crippen molar-refractivity contribution >= 4 is 17.4 Å². The van der Waals surface area contributed by atoms with Gasteiger partial charge in [-0.25, -0.2) is 0 Å². The minimum atomic E-state index is -0.283. The lowest BCUT2D eigenvalue weighted by atomic mass is 9.97. The number of nitrogens with one attached hydrogen (secondary N) is 1. The summed E-state index contributed by atoms with van der Waals surface area (Å²) in [5.74, 6) is 0.0580. The maximum Gasteiger partial charge on any atom is 0.241 e. The number of rotatable bonds is 5. The lowest BCUT2D eigenvalue weighted by molar-refractivity contribution is -0.121. The van der Waals surface area contributed by atoms with E-state index in [0.717, 1.165) is 25.9 Å². The predicted molar refractivity (Wildman–Crippen MR) is 85.9 cm³/mol. The molecule has 2 N–H and O–H groups in total. The molecule has 1 heterocycles. The molecule has 0 radical (unpaired) electrons. The number of anilines is 1. The van der Waals surface area contributed by atoms with Crippen LogP contribution < -0.4 is 5.32 Å². The number of hydrogen-bond donors (Lipinski definition) is 2. The normalized spacial score (nSPS) is 20.4. The number of likely N-dealkylation sites (tertiary alicyclic amines) is 1. The van der Waals surface area contributed by atoms with Crippen molar-refractivity contribution in [2.45, 2.75) is 32.7 Å². The van der Waals surface area contributed by atoms with E-state index in [-0.39, 0.29) is 30.3 Å². The quantitative estimate of drug-likeness (QED) is 0.816. The number of benzene rings is 1. The Kier molecular flexibility index (Phi) is 5.69. The molecule has 1 aromatic carbocycles. The van der Waals surface area contributed by atoms with Gasteiger partial charge in [0.2, 0.25) is 5.91 Å². The van der Waals surface area contributed by atoms with Crippen LogP contribution in [-0.2, 0) is 4.79 Å². The van der Waals surface area contributed by atoms with Crippen LogP contribution in [0.15, 0.2) is 24.3 Å². The van der Waals surface area contributed by atoms with E-state index in [1.807, 2.05) is 6.92 Å². The van der Waals surface area contributed by atoms with Crippen molar-refractivity contribution in [3.63, 3.8) is 0 Å². The maximum absolute atomic E-state index is 12.5. The summed E-state index contributed by atoms with van der Waals surface area (Å²) < 4.78 is 0. The summed E-state index contributed by atoms with van der Waals surface area (Å²) in [5, 5.41) is 12.2. The molecule has 0 aliphatic carbocycles. The van der Waals surface area contributed by atoms with Gasteiger partial charge in [-0.1, -0.05) is 12.1 Å². The summed E-state index contributed by atoms with van der Waals surface area (Å²) in [4.78, 5) is 26.2. The van der Waals surface area contributed by atoms with Gasteiger partial charge in [0.1, 0.15) is 0 Å². The zero-order chi connectivity index (χ0) is 16.1. The van der Waals surface area contributed by atoms with Crippen LogP contribution in [-0.4, -0.2) is 47.4 Å². The summed E-state index contributed by atoms with van der Waals surface area (Å²) in [5.41, 5.74) is 1.08. The highest BCUT2D eigenvalue weighted by atomic mass is 16.3. The van der Waals surface area contributed by atoms with E-state index < -0.39 is 0 Å². The molecule has 1 aliphatic heterocycles. The molecule has 1 aromatic rings. The van der Waals surface area contributed by atoms with Crippen LogP contribution in [0.1, 0.15) is 37.0 Å². The van der Waals surface area contributed by atoms with E-state index >= 15 is 0 Å². The van der Waals surface area contributed by atoms with Gasteiger partial charge in [-0.15, -0.1) is 0 Å². The molecule has 1 amide bonds. The Morgan fingerprint density at radius 2 is 2.14 bits per heavy atom.